The van der Waals surface area contributed by atoms with Gasteiger partial charge >= 0.3 is 5.97 Å². The molecule has 0 fully saturated rings. The Morgan fingerprint density at radius 3 is 3.07 bits per heavy atom. The molecule has 0 spiro atoms. The Hall–Kier alpha value is -1.98. The van der Waals surface area contributed by atoms with E-state index in [4.69, 9.17) is 4.74 Å². The summed E-state index contributed by atoms with van der Waals surface area (Å²) in [4.78, 5) is 21.1. The number of ether oxygens (including phenoxy) is 1. The lowest BCUT2D eigenvalue weighted by molar-refractivity contribution is 0.0520. The highest BCUT2D eigenvalue weighted by Gasteiger charge is 2.13. The van der Waals surface area contributed by atoms with E-state index in [1.807, 2.05) is 0 Å². The maximum Gasteiger partial charge on any atom is 0.354 e. The van der Waals surface area contributed by atoms with Crippen LogP contribution in [0.5, 0.6) is 0 Å². The Labute approximate surface area is 84.3 Å². The summed E-state index contributed by atoms with van der Waals surface area (Å²) < 4.78 is 17.9. The van der Waals surface area contributed by atoms with E-state index in [0.717, 1.165) is 6.33 Å². The number of H-pyrrole nitrogens is 1. The SMILES string of the molecule is CCOC(=O)c1cc2c(F)ncnc2[nH]1. The van der Waals surface area contributed by atoms with Crippen LogP contribution in [0.15, 0.2) is 12.4 Å². The third-order valence-corrected chi connectivity index (χ3v) is 1.87. The van der Waals surface area contributed by atoms with Crippen LogP contribution in [-0.2, 0) is 4.74 Å². The van der Waals surface area contributed by atoms with Crippen LogP contribution in [0, 0.1) is 5.95 Å². The molecular weight excluding hydrogens is 201 g/mol. The fourth-order valence-corrected chi connectivity index (χ4v) is 1.23. The Balaban J connectivity index is 2.47. The zero-order valence-electron chi connectivity index (χ0n) is 7.95. The number of esters is 1. The molecule has 0 atom stereocenters. The van der Waals surface area contributed by atoms with Gasteiger partial charge in [-0.2, -0.15) is 4.39 Å². The highest BCUT2D eigenvalue weighted by atomic mass is 19.1. The summed E-state index contributed by atoms with van der Waals surface area (Å²) >= 11 is 0. The van der Waals surface area contributed by atoms with Gasteiger partial charge in [-0.3, -0.25) is 0 Å². The highest BCUT2D eigenvalue weighted by Crippen LogP contribution is 2.15. The number of rotatable bonds is 2. The van der Waals surface area contributed by atoms with Crippen molar-refractivity contribution in [1.82, 2.24) is 15.0 Å². The molecule has 0 aliphatic heterocycles. The van der Waals surface area contributed by atoms with Gasteiger partial charge in [-0.05, 0) is 13.0 Å². The minimum Gasteiger partial charge on any atom is -0.461 e. The van der Waals surface area contributed by atoms with Crippen LogP contribution < -0.4 is 0 Å². The van der Waals surface area contributed by atoms with Crippen LogP contribution in [0.2, 0.25) is 0 Å². The molecule has 0 bridgehead atoms. The smallest absolute Gasteiger partial charge is 0.354 e. The van der Waals surface area contributed by atoms with Gasteiger partial charge in [-0.25, -0.2) is 14.8 Å². The van der Waals surface area contributed by atoms with Crippen molar-refractivity contribution < 1.29 is 13.9 Å². The summed E-state index contributed by atoms with van der Waals surface area (Å²) in [5.41, 5.74) is 0.455. The maximum atomic E-state index is 13.1. The van der Waals surface area contributed by atoms with Crippen molar-refractivity contribution in [1.29, 1.82) is 0 Å². The molecule has 2 rings (SSSR count). The fraction of sp³-hybridized carbons (Fsp3) is 0.222. The minimum absolute atomic E-state index is 0.172. The third-order valence-electron chi connectivity index (χ3n) is 1.87. The molecule has 6 heteroatoms. The van der Waals surface area contributed by atoms with Gasteiger partial charge in [0.1, 0.15) is 17.7 Å². The zero-order chi connectivity index (χ0) is 10.8. The van der Waals surface area contributed by atoms with Crippen LogP contribution in [-0.4, -0.2) is 27.5 Å². The molecule has 0 saturated carbocycles. The first-order valence-electron chi connectivity index (χ1n) is 4.38. The van der Waals surface area contributed by atoms with E-state index in [0.29, 0.717) is 0 Å². The minimum atomic E-state index is -0.660. The van der Waals surface area contributed by atoms with Crippen molar-refractivity contribution >= 4 is 17.0 Å². The molecule has 0 amide bonds. The van der Waals surface area contributed by atoms with E-state index in [1.165, 1.54) is 6.07 Å². The molecule has 0 aromatic carbocycles. The van der Waals surface area contributed by atoms with Crippen molar-refractivity contribution in [2.75, 3.05) is 6.61 Å². The predicted octanol–water partition coefficient (Wildman–Crippen LogP) is 1.27. The number of hydrogen-bond acceptors (Lipinski definition) is 4. The largest absolute Gasteiger partial charge is 0.461 e. The first-order chi connectivity index (χ1) is 7.22. The summed E-state index contributed by atoms with van der Waals surface area (Å²) in [6, 6.07) is 1.34. The van der Waals surface area contributed by atoms with Gasteiger partial charge in [-0.1, -0.05) is 0 Å². The quantitative estimate of drug-likeness (QED) is 0.597. The number of hydrogen-bond donors (Lipinski definition) is 1. The average Bonchev–Trinajstić information content (AvgIpc) is 2.63. The molecule has 2 heterocycles. The second kappa shape index (κ2) is 3.64. The van der Waals surface area contributed by atoms with Crippen LogP contribution in [0.1, 0.15) is 17.4 Å². The van der Waals surface area contributed by atoms with Gasteiger partial charge in [0.15, 0.2) is 0 Å². The molecule has 0 unspecified atom stereocenters. The summed E-state index contributed by atoms with van der Waals surface area (Å²) in [6.45, 7) is 1.96. The molecule has 78 valence electrons. The number of carbonyl (C=O) groups is 1. The molecule has 0 aliphatic rings. The molecule has 5 nitrogen and oxygen atoms in total. The summed E-state index contributed by atoms with van der Waals surface area (Å²) in [7, 11) is 0. The Morgan fingerprint density at radius 2 is 2.40 bits per heavy atom. The van der Waals surface area contributed by atoms with Gasteiger partial charge in [0.25, 0.3) is 0 Å². The van der Waals surface area contributed by atoms with Crippen LogP contribution >= 0.6 is 0 Å². The van der Waals surface area contributed by atoms with E-state index in [9.17, 15) is 9.18 Å². The predicted molar refractivity (Wildman–Crippen MR) is 49.8 cm³/mol. The molecule has 1 N–H and O–H groups in total. The van der Waals surface area contributed by atoms with E-state index in [-0.39, 0.29) is 23.3 Å². The zero-order valence-corrected chi connectivity index (χ0v) is 7.95. The molecular formula is C9H8FN3O2. The molecule has 0 radical (unpaired) electrons. The number of aromatic amines is 1. The molecule has 2 aromatic heterocycles. The lowest BCUT2D eigenvalue weighted by atomic mass is 10.3. The number of carbonyl (C=O) groups excluding carboxylic acids is 1. The molecule has 15 heavy (non-hydrogen) atoms. The first kappa shape index (κ1) is 9.57. The molecule has 0 aliphatic carbocycles. The number of aromatic nitrogens is 3. The van der Waals surface area contributed by atoms with Crippen LogP contribution in [0.4, 0.5) is 4.39 Å². The van der Waals surface area contributed by atoms with Crippen molar-refractivity contribution in [3.8, 4) is 0 Å². The molecule has 2 aromatic rings. The average molecular weight is 209 g/mol. The van der Waals surface area contributed by atoms with Crippen LogP contribution in [0.25, 0.3) is 11.0 Å². The second-order valence-corrected chi connectivity index (χ2v) is 2.83. The van der Waals surface area contributed by atoms with Crippen molar-refractivity contribution in [3.05, 3.63) is 24.0 Å². The van der Waals surface area contributed by atoms with Gasteiger partial charge < -0.3 is 9.72 Å². The van der Waals surface area contributed by atoms with E-state index in [1.54, 1.807) is 6.92 Å². The molecule has 0 saturated heterocycles. The monoisotopic (exact) mass is 209 g/mol. The van der Waals surface area contributed by atoms with Gasteiger partial charge in [0, 0.05) is 0 Å². The van der Waals surface area contributed by atoms with Crippen LogP contribution in [0.3, 0.4) is 0 Å². The van der Waals surface area contributed by atoms with Crippen molar-refractivity contribution in [3.63, 3.8) is 0 Å². The van der Waals surface area contributed by atoms with Gasteiger partial charge in [-0.15, -0.1) is 0 Å². The Kier molecular flexibility index (Phi) is 2.32. The van der Waals surface area contributed by atoms with E-state index >= 15 is 0 Å². The lowest BCUT2D eigenvalue weighted by Crippen LogP contribution is -2.04. The van der Waals surface area contributed by atoms with E-state index in [2.05, 4.69) is 15.0 Å². The second-order valence-electron chi connectivity index (χ2n) is 2.83. The normalized spacial score (nSPS) is 10.5. The number of halogens is 1. The Bertz CT molecular complexity index is 509. The first-order valence-corrected chi connectivity index (χ1v) is 4.38. The standard InChI is InChI=1S/C9H8FN3O2/c1-2-15-9(14)6-3-5-7(10)11-4-12-8(5)13-6/h3-4H,2H2,1H3,(H,11,12,13). The van der Waals surface area contributed by atoms with Crippen molar-refractivity contribution in [2.24, 2.45) is 0 Å². The maximum absolute atomic E-state index is 13.1. The number of fused-ring (bicyclic) bond motifs is 1. The van der Waals surface area contributed by atoms with Crippen molar-refractivity contribution in [2.45, 2.75) is 6.92 Å². The lowest BCUT2D eigenvalue weighted by Gasteiger charge is -1.96. The summed E-state index contributed by atoms with van der Waals surface area (Å²) in [5.74, 6) is -1.19. The number of nitrogens with zero attached hydrogens (tertiary/aromatic N) is 2. The third kappa shape index (κ3) is 1.65. The fourth-order valence-electron chi connectivity index (χ4n) is 1.23. The Morgan fingerprint density at radius 1 is 1.60 bits per heavy atom. The number of nitrogens with one attached hydrogen (secondary N) is 1. The topological polar surface area (TPSA) is 67.9 Å². The summed E-state index contributed by atoms with van der Waals surface area (Å²) in [5, 5.41) is 0.181. The highest BCUT2D eigenvalue weighted by molar-refractivity contribution is 5.93. The van der Waals surface area contributed by atoms with Gasteiger partial charge in [0.2, 0.25) is 5.95 Å². The summed E-state index contributed by atoms with van der Waals surface area (Å²) in [6.07, 6.45) is 1.09. The van der Waals surface area contributed by atoms with Gasteiger partial charge in [0.05, 0.1) is 12.0 Å². The van der Waals surface area contributed by atoms with E-state index < -0.39 is 11.9 Å².